The lowest BCUT2D eigenvalue weighted by atomic mass is 10.1. The lowest BCUT2D eigenvalue weighted by Gasteiger charge is -2.09. The van der Waals surface area contributed by atoms with Crippen LogP contribution in [0.25, 0.3) is 33.1 Å². The lowest BCUT2D eigenvalue weighted by Crippen LogP contribution is -2.00. The van der Waals surface area contributed by atoms with Crippen molar-refractivity contribution in [2.45, 2.75) is 77.7 Å². The van der Waals surface area contributed by atoms with Crippen LogP contribution in [0.15, 0.2) is 45.3 Å². The van der Waals surface area contributed by atoms with Crippen LogP contribution in [0.4, 0.5) is 0 Å². The van der Waals surface area contributed by atoms with E-state index in [1.165, 1.54) is 69.7 Å². The summed E-state index contributed by atoms with van der Waals surface area (Å²) >= 11 is 7.44. The molecule has 0 N–H and O–H groups in total. The molecule has 0 atom stereocenters. The van der Waals surface area contributed by atoms with Crippen LogP contribution in [0.3, 0.4) is 0 Å². The van der Waals surface area contributed by atoms with Crippen molar-refractivity contribution in [3.63, 3.8) is 0 Å². The van der Waals surface area contributed by atoms with E-state index in [9.17, 15) is 0 Å². The Morgan fingerprint density at radius 2 is 1.39 bits per heavy atom. The van der Waals surface area contributed by atoms with Crippen molar-refractivity contribution in [1.82, 2.24) is 14.5 Å². The van der Waals surface area contributed by atoms with Crippen LogP contribution in [0.5, 0.6) is 0 Å². The number of unbranched alkanes of at least 4 members (excludes halogenated alkanes) is 9. The largest absolute Gasteiger partial charge is 0.323 e. The Kier molecular flexibility index (Phi) is 8.00. The highest BCUT2D eigenvalue weighted by atomic mass is 79.9. The average molecular weight is 545 g/mol. The topological polar surface area (TPSA) is 30.7 Å². The van der Waals surface area contributed by atoms with Gasteiger partial charge in [0, 0.05) is 20.9 Å². The van der Waals surface area contributed by atoms with E-state index >= 15 is 0 Å². The maximum absolute atomic E-state index is 5.01. The van der Waals surface area contributed by atoms with Crippen molar-refractivity contribution in [3.05, 3.63) is 45.3 Å². The Morgan fingerprint density at radius 3 is 2.06 bits per heavy atom. The minimum atomic E-state index is 0.948. The molecule has 4 rings (SSSR count). The van der Waals surface area contributed by atoms with Crippen LogP contribution >= 0.6 is 31.9 Å². The minimum Gasteiger partial charge on any atom is -0.323 e. The monoisotopic (exact) mass is 543 g/mol. The number of hydrogen-bond donors (Lipinski definition) is 0. The molecular formula is C26H31Br2N3. The molecule has 5 heteroatoms. The van der Waals surface area contributed by atoms with Gasteiger partial charge in [0.1, 0.15) is 5.52 Å². The SMILES string of the molecule is CCCCCCCCCCCCn1c2nc3ccccc3nc2c2cc(Br)cc(Br)c21. The molecule has 2 aromatic carbocycles. The number of para-hydroxylation sites is 2. The van der Waals surface area contributed by atoms with Gasteiger partial charge >= 0.3 is 0 Å². The predicted octanol–water partition coefficient (Wildman–Crippen LogP) is 9.18. The van der Waals surface area contributed by atoms with Crippen molar-refractivity contribution in [1.29, 1.82) is 0 Å². The zero-order chi connectivity index (χ0) is 21.6. The molecule has 0 radical (unpaired) electrons. The van der Waals surface area contributed by atoms with Gasteiger partial charge in [0.15, 0.2) is 5.65 Å². The van der Waals surface area contributed by atoms with Crippen molar-refractivity contribution in [3.8, 4) is 0 Å². The number of rotatable bonds is 11. The molecule has 0 spiro atoms. The number of fused-ring (bicyclic) bond motifs is 4. The van der Waals surface area contributed by atoms with Crippen molar-refractivity contribution in [2.24, 2.45) is 0 Å². The lowest BCUT2D eigenvalue weighted by molar-refractivity contribution is 0.541. The summed E-state index contributed by atoms with van der Waals surface area (Å²) in [5, 5.41) is 1.15. The maximum Gasteiger partial charge on any atom is 0.160 e. The predicted molar refractivity (Wildman–Crippen MR) is 140 cm³/mol. The third-order valence-electron chi connectivity index (χ3n) is 6.10. The normalized spacial score (nSPS) is 11.8. The molecule has 0 unspecified atom stereocenters. The van der Waals surface area contributed by atoms with Gasteiger partial charge in [-0.25, -0.2) is 9.97 Å². The van der Waals surface area contributed by atoms with E-state index in [0.29, 0.717) is 0 Å². The van der Waals surface area contributed by atoms with Crippen LogP contribution in [0, 0.1) is 0 Å². The zero-order valence-corrected chi connectivity index (χ0v) is 21.5. The first-order chi connectivity index (χ1) is 15.2. The van der Waals surface area contributed by atoms with Crippen LogP contribution in [-0.4, -0.2) is 14.5 Å². The molecule has 0 bridgehead atoms. The molecule has 0 aliphatic carbocycles. The Bertz CT molecular complexity index is 1170. The summed E-state index contributed by atoms with van der Waals surface area (Å²) in [6.07, 6.45) is 13.5. The molecule has 4 aromatic rings. The van der Waals surface area contributed by atoms with Crippen LogP contribution in [0.2, 0.25) is 0 Å². The maximum atomic E-state index is 5.01. The van der Waals surface area contributed by atoms with E-state index in [1.54, 1.807) is 0 Å². The van der Waals surface area contributed by atoms with E-state index in [2.05, 4.69) is 61.5 Å². The van der Waals surface area contributed by atoms with Crippen molar-refractivity contribution >= 4 is 65.0 Å². The van der Waals surface area contributed by atoms with E-state index in [-0.39, 0.29) is 0 Å². The molecule has 0 saturated heterocycles. The Morgan fingerprint density at radius 1 is 0.774 bits per heavy atom. The van der Waals surface area contributed by atoms with E-state index in [0.717, 1.165) is 43.1 Å². The molecule has 164 valence electrons. The van der Waals surface area contributed by atoms with Gasteiger partial charge in [-0.1, -0.05) is 92.8 Å². The summed E-state index contributed by atoms with van der Waals surface area (Å²) in [6, 6.07) is 12.4. The summed E-state index contributed by atoms with van der Waals surface area (Å²) in [5.74, 6) is 0. The summed E-state index contributed by atoms with van der Waals surface area (Å²) in [7, 11) is 0. The Labute approximate surface area is 201 Å². The molecular weight excluding hydrogens is 514 g/mol. The number of nitrogens with zero attached hydrogens (tertiary/aromatic N) is 3. The van der Waals surface area contributed by atoms with Gasteiger partial charge in [0.2, 0.25) is 0 Å². The molecule has 3 nitrogen and oxygen atoms in total. The second-order valence-corrected chi connectivity index (χ2v) is 10.3. The summed E-state index contributed by atoms with van der Waals surface area (Å²) in [6.45, 7) is 3.26. The van der Waals surface area contributed by atoms with Gasteiger partial charge in [-0.3, -0.25) is 0 Å². The number of aryl methyl sites for hydroxylation is 1. The van der Waals surface area contributed by atoms with Crippen LogP contribution in [-0.2, 0) is 6.54 Å². The molecule has 0 amide bonds. The van der Waals surface area contributed by atoms with Gasteiger partial charge in [0.25, 0.3) is 0 Å². The molecule has 31 heavy (non-hydrogen) atoms. The smallest absolute Gasteiger partial charge is 0.160 e. The Hall–Kier alpha value is -1.46. The zero-order valence-electron chi connectivity index (χ0n) is 18.3. The Balaban J connectivity index is 1.49. The number of halogens is 2. The second kappa shape index (κ2) is 10.9. The summed E-state index contributed by atoms with van der Waals surface area (Å²) < 4.78 is 4.51. The first-order valence-corrected chi connectivity index (χ1v) is 13.3. The quantitative estimate of drug-likeness (QED) is 0.176. The third-order valence-corrected chi connectivity index (χ3v) is 7.16. The number of aromatic nitrogens is 3. The molecule has 0 aliphatic rings. The average Bonchev–Trinajstić information content (AvgIpc) is 3.06. The fourth-order valence-corrected chi connectivity index (χ4v) is 5.90. The first-order valence-electron chi connectivity index (χ1n) is 11.7. The van der Waals surface area contributed by atoms with Gasteiger partial charge in [0.05, 0.1) is 16.6 Å². The fraction of sp³-hybridized carbons (Fsp3) is 0.462. The molecule has 0 saturated carbocycles. The molecule has 0 aliphatic heterocycles. The summed E-state index contributed by atoms with van der Waals surface area (Å²) in [5.41, 5.74) is 5.08. The van der Waals surface area contributed by atoms with Gasteiger partial charge in [-0.2, -0.15) is 0 Å². The second-order valence-electron chi connectivity index (χ2n) is 8.50. The van der Waals surface area contributed by atoms with Gasteiger partial charge in [-0.15, -0.1) is 0 Å². The fourth-order valence-electron chi connectivity index (χ4n) is 4.46. The van der Waals surface area contributed by atoms with E-state index < -0.39 is 0 Å². The van der Waals surface area contributed by atoms with E-state index in [4.69, 9.17) is 9.97 Å². The summed E-state index contributed by atoms with van der Waals surface area (Å²) in [4.78, 5) is 10.00. The minimum absolute atomic E-state index is 0.948. The molecule has 2 aromatic heterocycles. The highest BCUT2D eigenvalue weighted by Crippen LogP contribution is 2.36. The molecule has 0 fully saturated rings. The van der Waals surface area contributed by atoms with Gasteiger partial charge in [-0.05, 0) is 46.6 Å². The van der Waals surface area contributed by atoms with Gasteiger partial charge < -0.3 is 4.57 Å². The van der Waals surface area contributed by atoms with Crippen molar-refractivity contribution in [2.75, 3.05) is 0 Å². The molecule has 2 heterocycles. The number of benzene rings is 2. The van der Waals surface area contributed by atoms with Crippen LogP contribution < -0.4 is 0 Å². The van der Waals surface area contributed by atoms with Crippen molar-refractivity contribution < 1.29 is 0 Å². The highest BCUT2D eigenvalue weighted by Gasteiger charge is 2.17. The highest BCUT2D eigenvalue weighted by molar-refractivity contribution is 9.11. The van der Waals surface area contributed by atoms with Crippen LogP contribution in [0.1, 0.15) is 71.1 Å². The third kappa shape index (κ3) is 5.31. The van der Waals surface area contributed by atoms with E-state index in [1.807, 2.05) is 18.2 Å². The standard InChI is InChI=1S/C26H31Br2N3/c1-2-3-4-5-6-7-8-9-10-13-16-31-25-20(17-19(27)18-21(25)28)24-26(31)30-23-15-12-11-14-22(23)29-24/h11-12,14-15,17-18H,2-10,13,16H2,1H3. The number of hydrogen-bond acceptors (Lipinski definition) is 2. The first kappa shape index (κ1) is 22.7.